The van der Waals surface area contributed by atoms with Gasteiger partial charge in [-0.05, 0) is 68.9 Å². The molecule has 1 aromatic heterocycles. The summed E-state index contributed by atoms with van der Waals surface area (Å²) in [6.07, 6.45) is 4.81. The van der Waals surface area contributed by atoms with Crippen LogP contribution in [0.2, 0.25) is 0 Å². The standard InChI is InChI=1S/C33H37N5O5S/c1-22-12-13-23(19-30(22)44(40,41)34-21-25-9-8-18-43-25)31-26-10-4-5-11-27(26)32(37-36-31)35-24-14-15-29(42-2)28(20-24)33(39)38-16-6-3-7-17-38/h4-5,10-15,19-20,25,34H,3,6-9,16-18,21H2,1-2H3,(H,35,37). The highest BCUT2D eigenvalue weighted by Gasteiger charge is 2.24. The van der Waals surface area contributed by atoms with Crippen LogP contribution < -0.4 is 14.8 Å². The van der Waals surface area contributed by atoms with Gasteiger partial charge in [0.05, 0.1) is 23.7 Å². The van der Waals surface area contributed by atoms with Crippen LogP contribution in [0, 0.1) is 6.92 Å². The number of piperidine rings is 1. The Kier molecular flexibility index (Phi) is 8.79. The van der Waals surface area contributed by atoms with Crippen LogP contribution in [-0.2, 0) is 14.8 Å². The molecule has 0 saturated carbocycles. The summed E-state index contributed by atoms with van der Waals surface area (Å²) in [5, 5.41) is 14.0. The molecule has 0 spiro atoms. The molecule has 1 unspecified atom stereocenters. The molecule has 3 heterocycles. The van der Waals surface area contributed by atoms with Crippen LogP contribution in [0.15, 0.2) is 65.6 Å². The largest absolute Gasteiger partial charge is 0.496 e. The number of amides is 1. The highest BCUT2D eigenvalue weighted by atomic mass is 32.2. The van der Waals surface area contributed by atoms with Gasteiger partial charge in [-0.15, -0.1) is 10.2 Å². The molecular weight excluding hydrogens is 578 g/mol. The number of likely N-dealkylation sites (tertiary alicyclic amines) is 1. The molecule has 0 bridgehead atoms. The lowest BCUT2D eigenvalue weighted by atomic mass is 10.0. The van der Waals surface area contributed by atoms with Gasteiger partial charge in [-0.3, -0.25) is 4.79 Å². The number of carbonyl (C=O) groups is 1. The maximum Gasteiger partial charge on any atom is 0.257 e. The molecule has 0 aliphatic carbocycles. The van der Waals surface area contributed by atoms with Crippen molar-refractivity contribution in [3.63, 3.8) is 0 Å². The molecule has 44 heavy (non-hydrogen) atoms. The number of hydrogen-bond donors (Lipinski definition) is 2. The van der Waals surface area contributed by atoms with Crippen LogP contribution >= 0.6 is 0 Å². The van der Waals surface area contributed by atoms with Gasteiger partial charge in [-0.1, -0.05) is 36.4 Å². The van der Waals surface area contributed by atoms with Crippen molar-refractivity contribution in [1.82, 2.24) is 19.8 Å². The molecule has 3 aromatic carbocycles. The monoisotopic (exact) mass is 615 g/mol. The van der Waals surface area contributed by atoms with Gasteiger partial charge >= 0.3 is 0 Å². The molecule has 230 valence electrons. The Hall–Kier alpha value is -4.06. The van der Waals surface area contributed by atoms with Crippen molar-refractivity contribution in [2.75, 3.05) is 38.7 Å². The maximum atomic E-state index is 13.4. The first kappa shape index (κ1) is 30.0. The number of carbonyl (C=O) groups excluding carboxylic acids is 1. The Morgan fingerprint density at radius 3 is 2.55 bits per heavy atom. The van der Waals surface area contributed by atoms with E-state index in [2.05, 4.69) is 20.2 Å². The van der Waals surface area contributed by atoms with Crippen molar-refractivity contribution >= 4 is 38.2 Å². The van der Waals surface area contributed by atoms with Gasteiger partial charge in [0.2, 0.25) is 10.0 Å². The van der Waals surface area contributed by atoms with E-state index < -0.39 is 10.0 Å². The Bertz CT molecular complexity index is 1780. The van der Waals surface area contributed by atoms with E-state index in [1.807, 2.05) is 41.3 Å². The zero-order valence-corrected chi connectivity index (χ0v) is 25.8. The highest BCUT2D eigenvalue weighted by Crippen LogP contribution is 2.34. The fourth-order valence-electron chi connectivity index (χ4n) is 5.89. The second-order valence-corrected chi connectivity index (χ2v) is 13.0. The number of benzene rings is 3. The number of aryl methyl sites for hydroxylation is 1. The van der Waals surface area contributed by atoms with Crippen molar-refractivity contribution in [3.8, 4) is 17.0 Å². The lowest BCUT2D eigenvalue weighted by molar-refractivity contribution is 0.0721. The van der Waals surface area contributed by atoms with Gasteiger partial charge in [0.15, 0.2) is 5.82 Å². The second-order valence-electron chi connectivity index (χ2n) is 11.3. The van der Waals surface area contributed by atoms with Crippen LogP contribution in [-0.4, -0.2) is 68.9 Å². The quantitative estimate of drug-likeness (QED) is 0.255. The van der Waals surface area contributed by atoms with Crippen molar-refractivity contribution in [3.05, 3.63) is 71.8 Å². The zero-order valence-electron chi connectivity index (χ0n) is 25.0. The molecule has 2 fully saturated rings. The molecular formula is C33H37N5O5S. The van der Waals surface area contributed by atoms with Crippen LogP contribution in [0.1, 0.15) is 48.0 Å². The van der Waals surface area contributed by atoms with E-state index in [1.165, 1.54) is 0 Å². The van der Waals surface area contributed by atoms with E-state index >= 15 is 0 Å². The minimum atomic E-state index is -3.77. The summed E-state index contributed by atoms with van der Waals surface area (Å²) in [6.45, 7) is 4.16. The first-order chi connectivity index (χ1) is 21.3. The third-order valence-electron chi connectivity index (χ3n) is 8.30. The topological polar surface area (TPSA) is 123 Å². The predicted octanol–water partition coefficient (Wildman–Crippen LogP) is 5.44. The van der Waals surface area contributed by atoms with Crippen LogP contribution in [0.5, 0.6) is 5.75 Å². The number of anilines is 2. The molecule has 2 aliphatic rings. The van der Waals surface area contributed by atoms with E-state index in [1.54, 1.807) is 38.3 Å². The fourth-order valence-corrected chi connectivity index (χ4v) is 7.22. The first-order valence-corrected chi connectivity index (χ1v) is 16.5. The lowest BCUT2D eigenvalue weighted by Gasteiger charge is -2.27. The Balaban J connectivity index is 1.31. The van der Waals surface area contributed by atoms with Gasteiger partial charge in [0, 0.05) is 48.3 Å². The van der Waals surface area contributed by atoms with Crippen molar-refractivity contribution in [2.45, 2.75) is 50.0 Å². The number of ether oxygens (including phenoxy) is 2. The Morgan fingerprint density at radius 1 is 1.00 bits per heavy atom. The van der Waals surface area contributed by atoms with E-state index in [0.717, 1.165) is 56.0 Å². The minimum absolute atomic E-state index is 0.0492. The van der Waals surface area contributed by atoms with Crippen LogP contribution in [0.25, 0.3) is 22.0 Å². The van der Waals surface area contributed by atoms with Crippen molar-refractivity contribution in [1.29, 1.82) is 0 Å². The number of methoxy groups -OCH3 is 1. The molecule has 1 atom stereocenters. The number of fused-ring (bicyclic) bond motifs is 1. The minimum Gasteiger partial charge on any atom is -0.496 e. The van der Waals surface area contributed by atoms with Gasteiger partial charge in [-0.2, -0.15) is 0 Å². The smallest absolute Gasteiger partial charge is 0.257 e. The van der Waals surface area contributed by atoms with E-state index in [9.17, 15) is 13.2 Å². The molecule has 1 amide bonds. The number of aromatic nitrogens is 2. The number of hydrogen-bond acceptors (Lipinski definition) is 8. The molecule has 2 aliphatic heterocycles. The lowest BCUT2D eigenvalue weighted by Crippen LogP contribution is -2.35. The van der Waals surface area contributed by atoms with Gasteiger partial charge in [-0.25, -0.2) is 13.1 Å². The normalized spacial score (nSPS) is 17.1. The summed E-state index contributed by atoms with van der Waals surface area (Å²) in [6, 6.07) is 18.4. The average Bonchev–Trinajstić information content (AvgIpc) is 3.58. The molecule has 4 aromatic rings. The summed E-state index contributed by atoms with van der Waals surface area (Å²) >= 11 is 0. The summed E-state index contributed by atoms with van der Waals surface area (Å²) in [7, 11) is -2.20. The summed E-state index contributed by atoms with van der Waals surface area (Å²) in [5.74, 6) is 0.990. The summed E-state index contributed by atoms with van der Waals surface area (Å²) in [5.41, 5.74) is 3.02. The number of nitrogens with one attached hydrogen (secondary N) is 2. The third-order valence-corrected chi connectivity index (χ3v) is 9.86. The second kappa shape index (κ2) is 12.9. The molecule has 6 rings (SSSR count). The average molecular weight is 616 g/mol. The molecule has 2 saturated heterocycles. The molecule has 11 heteroatoms. The Labute approximate surface area is 257 Å². The summed E-state index contributed by atoms with van der Waals surface area (Å²) < 4.78 is 40.4. The molecule has 10 nitrogen and oxygen atoms in total. The number of rotatable bonds is 9. The molecule has 2 N–H and O–H groups in total. The number of nitrogens with zero attached hydrogens (tertiary/aromatic N) is 3. The number of sulfonamides is 1. The first-order valence-electron chi connectivity index (χ1n) is 15.1. The predicted molar refractivity (Wildman–Crippen MR) is 170 cm³/mol. The van der Waals surface area contributed by atoms with Gasteiger partial charge < -0.3 is 19.7 Å². The van der Waals surface area contributed by atoms with Gasteiger partial charge in [0.1, 0.15) is 11.4 Å². The van der Waals surface area contributed by atoms with E-state index in [0.29, 0.717) is 46.2 Å². The fraction of sp³-hybridized carbons (Fsp3) is 0.364. The van der Waals surface area contributed by atoms with Crippen molar-refractivity contribution < 1.29 is 22.7 Å². The van der Waals surface area contributed by atoms with Crippen molar-refractivity contribution in [2.24, 2.45) is 0 Å². The molecule has 0 radical (unpaired) electrons. The highest BCUT2D eigenvalue weighted by molar-refractivity contribution is 7.89. The SMILES string of the molecule is COc1ccc(Nc2nnc(-c3ccc(C)c(S(=O)(=O)NCC4CCCO4)c3)c3ccccc23)cc1C(=O)N1CCCCC1. The van der Waals surface area contributed by atoms with E-state index in [4.69, 9.17) is 9.47 Å². The Morgan fingerprint density at radius 2 is 1.80 bits per heavy atom. The zero-order chi connectivity index (χ0) is 30.7. The van der Waals surface area contributed by atoms with Crippen LogP contribution in [0.4, 0.5) is 11.5 Å². The van der Waals surface area contributed by atoms with Gasteiger partial charge in [0.25, 0.3) is 5.91 Å². The summed E-state index contributed by atoms with van der Waals surface area (Å²) in [4.78, 5) is 15.4. The van der Waals surface area contributed by atoms with E-state index in [-0.39, 0.29) is 23.5 Å². The maximum absolute atomic E-state index is 13.4. The third kappa shape index (κ3) is 6.26. The van der Waals surface area contributed by atoms with Crippen LogP contribution in [0.3, 0.4) is 0 Å².